The second-order valence-corrected chi connectivity index (χ2v) is 10.6. The van der Waals surface area contributed by atoms with E-state index in [0.717, 1.165) is 64.0 Å². The molecule has 0 bridgehead atoms. The second-order valence-electron chi connectivity index (χ2n) is 6.84. The lowest BCUT2D eigenvalue weighted by molar-refractivity contribution is -0.118. The van der Waals surface area contributed by atoms with Crippen molar-refractivity contribution < 1.29 is 9.53 Å². The highest BCUT2D eigenvalue weighted by Gasteiger charge is 2.21. The number of morpholine rings is 1. The van der Waals surface area contributed by atoms with Crippen molar-refractivity contribution in [1.29, 1.82) is 0 Å². The largest absolute Gasteiger partial charge is 0.379 e. The zero-order chi connectivity index (χ0) is 20.2. The molecule has 10 heteroatoms. The van der Waals surface area contributed by atoms with Crippen molar-refractivity contribution in [3.8, 4) is 0 Å². The van der Waals surface area contributed by atoms with Gasteiger partial charge in [0.2, 0.25) is 5.91 Å². The van der Waals surface area contributed by atoms with Crippen molar-refractivity contribution in [2.24, 2.45) is 0 Å². The van der Waals surface area contributed by atoms with Crippen LogP contribution >= 0.6 is 62.6 Å². The number of thiazole rings is 1. The van der Waals surface area contributed by atoms with E-state index >= 15 is 0 Å². The Bertz CT molecular complexity index is 992. The Morgan fingerprint density at radius 1 is 1.23 bits per heavy atom. The first kappa shape index (κ1) is 23.9. The fourth-order valence-corrected chi connectivity index (χ4v) is 5.94. The van der Waals surface area contributed by atoms with Gasteiger partial charge in [-0.3, -0.25) is 14.6 Å². The molecule has 3 heterocycles. The highest BCUT2D eigenvalue weighted by molar-refractivity contribution is 9.10. The molecule has 30 heavy (non-hydrogen) atoms. The molecular formula is C20H22BrCl2N3O2S2. The molecule has 0 radical (unpaired) electrons. The fraction of sp³-hybridized carbons (Fsp3) is 0.400. The summed E-state index contributed by atoms with van der Waals surface area (Å²) in [6.07, 6.45) is 1.24. The Kier molecular flexibility index (Phi) is 8.94. The minimum atomic E-state index is 0. The number of nitrogens with zero attached hydrogens (tertiary/aromatic N) is 3. The Labute approximate surface area is 203 Å². The van der Waals surface area contributed by atoms with Crippen LogP contribution in [0.1, 0.15) is 11.3 Å². The number of ether oxygens (including phenoxy) is 1. The zero-order valence-electron chi connectivity index (χ0n) is 16.2. The maximum absolute atomic E-state index is 13.2. The number of rotatable bonds is 7. The Morgan fingerprint density at radius 3 is 2.77 bits per heavy atom. The van der Waals surface area contributed by atoms with Crippen LogP contribution in [-0.4, -0.2) is 55.2 Å². The van der Waals surface area contributed by atoms with E-state index in [1.54, 1.807) is 11.3 Å². The summed E-state index contributed by atoms with van der Waals surface area (Å²) in [6, 6.07) is 9.77. The van der Waals surface area contributed by atoms with E-state index in [-0.39, 0.29) is 18.3 Å². The molecule has 1 aliphatic heterocycles. The molecule has 2 aromatic heterocycles. The third-order valence-electron chi connectivity index (χ3n) is 4.79. The van der Waals surface area contributed by atoms with Crippen molar-refractivity contribution in [3.63, 3.8) is 0 Å². The number of carbonyl (C=O) groups excluding carboxylic acids is 1. The molecule has 0 saturated carbocycles. The Morgan fingerprint density at radius 2 is 2.03 bits per heavy atom. The number of carbonyl (C=O) groups is 1. The van der Waals surface area contributed by atoms with Crippen LogP contribution in [-0.2, 0) is 16.0 Å². The normalized spacial score (nSPS) is 14.6. The lowest BCUT2D eigenvalue weighted by Crippen LogP contribution is -2.39. The van der Waals surface area contributed by atoms with Gasteiger partial charge in [-0.1, -0.05) is 38.9 Å². The van der Waals surface area contributed by atoms with Gasteiger partial charge in [0.05, 0.1) is 34.2 Å². The van der Waals surface area contributed by atoms with Crippen molar-refractivity contribution in [2.75, 3.05) is 44.3 Å². The fourth-order valence-electron chi connectivity index (χ4n) is 3.30. The summed E-state index contributed by atoms with van der Waals surface area (Å²) in [7, 11) is 0. The monoisotopic (exact) mass is 549 g/mol. The first-order chi connectivity index (χ1) is 14.1. The van der Waals surface area contributed by atoms with Crippen LogP contribution in [0.4, 0.5) is 5.13 Å². The minimum Gasteiger partial charge on any atom is -0.379 e. The van der Waals surface area contributed by atoms with Crippen molar-refractivity contribution in [3.05, 3.63) is 44.0 Å². The van der Waals surface area contributed by atoms with E-state index in [9.17, 15) is 4.79 Å². The third kappa shape index (κ3) is 6.16. The van der Waals surface area contributed by atoms with Crippen LogP contribution in [0.2, 0.25) is 4.34 Å². The van der Waals surface area contributed by atoms with E-state index in [4.69, 9.17) is 21.3 Å². The van der Waals surface area contributed by atoms with Crippen molar-refractivity contribution in [2.45, 2.75) is 12.8 Å². The van der Waals surface area contributed by atoms with Crippen LogP contribution < -0.4 is 4.90 Å². The molecule has 1 fully saturated rings. The van der Waals surface area contributed by atoms with Gasteiger partial charge >= 0.3 is 0 Å². The van der Waals surface area contributed by atoms with Crippen LogP contribution in [0.5, 0.6) is 0 Å². The quantitative estimate of drug-likeness (QED) is 0.390. The number of fused-ring (bicyclic) bond motifs is 1. The number of aromatic nitrogens is 1. The topological polar surface area (TPSA) is 45.7 Å². The number of benzene rings is 1. The molecular weight excluding hydrogens is 529 g/mol. The summed E-state index contributed by atoms with van der Waals surface area (Å²) >= 11 is 12.6. The van der Waals surface area contributed by atoms with Crippen molar-refractivity contribution in [1.82, 2.24) is 9.88 Å². The van der Waals surface area contributed by atoms with Gasteiger partial charge in [-0.2, -0.15) is 0 Å². The number of hydrogen-bond donors (Lipinski definition) is 0. The Balaban J connectivity index is 0.00000256. The highest BCUT2D eigenvalue weighted by Crippen LogP contribution is 2.32. The molecule has 0 spiro atoms. The van der Waals surface area contributed by atoms with Gasteiger partial charge in [0.1, 0.15) is 0 Å². The van der Waals surface area contributed by atoms with Gasteiger partial charge in [-0.15, -0.1) is 23.7 Å². The summed E-state index contributed by atoms with van der Waals surface area (Å²) in [5, 5.41) is 0.757. The predicted octanol–water partition coefficient (Wildman–Crippen LogP) is 5.49. The predicted molar refractivity (Wildman–Crippen MR) is 132 cm³/mol. The van der Waals surface area contributed by atoms with Gasteiger partial charge in [-0.05, 0) is 36.8 Å². The average molecular weight is 551 g/mol. The molecule has 0 N–H and O–H groups in total. The SMILES string of the molecule is Cl.O=C(Cc1ccc(Cl)s1)N(CCCN1CCOCC1)c1nc2ccc(Br)cc2s1. The van der Waals surface area contributed by atoms with Crippen molar-refractivity contribution >= 4 is 83.9 Å². The number of hydrogen-bond acceptors (Lipinski definition) is 6. The number of anilines is 1. The van der Waals surface area contributed by atoms with Gasteiger partial charge in [0, 0.05) is 35.5 Å². The lowest BCUT2D eigenvalue weighted by atomic mass is 10.3. The molecule has 1 saturated heterocycles. The standard InChI is InChI=1S/C20H21BrClN3O2S2.ClH/c21-14-2-4-16-17(12-14)29-20(23-16)25(7-1-6-24-8-10-27-11-9-24)19(26)13-15-3-5-18(22)28-15;/h2-5,12H,1,6-11,13H2;1H. The van der Waals surface area contributed by atoms with Gasteiger partial charge < -0.3 is 4.74 Å². The van der Waals surface area contributed by atoms with Gasteiger partial charge in [-0.25, -0.2) is 4.98 Å². The summed E-state index contributed by atoms with van der Waals surface area (Å²) in [6.45, 7) is 5.08. The zero-order valence-corrected chi connectivity index (χ0v) is 21.0. The lowest BCUT2D eigenvalue weighted by Gasteiger charge is -2.27. The summed E-state index contributed by atoms with van der Waals surface area (Å²) in [4.78, 5) is 23.1. The third-order valence-corrected chi connectivity index (χ3v) is 7.55. The number of thiophene rings is 1. The Hall–Kier alpha value is -0.740. The van der Waals surface area contributed by atoms with Crippen LogP contribution in [0.3, 0.4) is 0 Å². The van der Waals surface area contributed by atoms with Gasteiger partial charge in [0.15, 0.2) is 5.13 Å². The molecule has 1 amide bonds. The smallest absolute Gasteiger partial charge is 0.234 e. The van der Waals surface area contributed by atoms with Gasteiger partial charge in [0.25, 0.3) is 0 Å². The number of halogens is 3. The molecule has 3 aromatic rings. The summed E-state index contributed by atoms with van der Waals surface area (Å²) in [5.74, 6) is 0.0589. The van der Waals surface area contributed by atoms with Crippen LogP contribution in [0.15, 0.2) is 34.8 Å². The molecule has 0 aliphatic carbocycles. The highest BCUT2D eigenvalue weighted by atomic mass is 79.9. The van der Waals surface area contributed by atoms with Crippen LogP contribution in [0.25, 0.3) is 10.2 Å². The summed E-state index contributed by atoms with van der Waals surface area (Å²) < 4.78 is 8.21. The summed E-state index contributed by atoms with van der Waals surface area (Å²) in [5.41, 5.74) is 0.915. The first-order valence-electron chi connectivity index (χ1n) is 9.49. The van der Waals surface area contributed by atoms with E-state index in [1.807, 2.05) is 35.2 Å². The molecule has 0 unspecified atom stereocenters. The van der Waals surface area contributed by atoms with E-state index in [0.29, 0.717) is 17.3 Å². The first-order valence-corrected chi connectivity index (χ1v) is 12.3. The molecule has 1 aliphatic rings. The molecule has 5 nitrogen and oxygen atoms in total. The molecule has 0 atom stereocenters. The molecule has 162 valence electrons. The molecule has 1 aromatic carbocycles. The second kappa shape index (κ2) is 11.2. The maximum atomic E-state index is 13.2. The van der Waals surface area contributed by atoms with E-state index < -0.39 is 0 Å². The minimum absolute atomic E-state index is 0. The molecule has 4 rings (SSSR count). The van der Waals surface area contributed by atoms with Crippen LogP contribution in [0, 0.1) is 0 Å². The van der Waals surface area contributed by atoms with E-state index in [2.05, 4.69) is 20.8 Å². The van der Waals surface area contributed by atoms with E-state index in [1.165, 1.54) is 11.3 Å². The average Bonchev–Trinajstić information content (AvgIpc) is 3.31. The maximum Gasteiger partial charge on any atom is 0.234 e. The number of amides is 1.